The standard InChI is InChI=1S/C37H55N2O6PS/c1-4-5-6-7-8-9-10-11-12-13-14-15-16-17-18-19-26-38-37(40)43-35-24-21-25-36(32(35)3)45-46(41,42)44-34-23-20-22-33(27-34)29-39-28-31(2)47-30-39/h20-25,27-28,30H,4-19,26,29H2,1-3H3,(H-,38,40,41,42)/p+1. The highest BCUT2D eigenvalue weighted by atomic mass is 32.1. The van der Waals surface area contributed by atoms with Crippen LogP contribution in [-0.2, 0) is 11.1 Å². The molecule has 3 rings (SSSR count). The molecule has 260 valence electrons. The maximum Gasteiger partial charge on any atom is 0.584 e. The molecule has 1 atom stereocenters. The van der Waals surface area contributed by atoms with E-state index in [9.17, 15) is 14.3 Å². The minimum atomic E-state index is -4.52. The Kier molecular flexibility index (Phi) is 18.0. The van der Waals surface area contributed by atoms with Crippen LogP contribution in [0.3, 0.4) is 0 Å². The van der Waals surface area contributed by atoms with Gasteiger partial charge in [0.05, 0.1) is 4.88 Å². The number of carbonyl (C=O) groups excluding carboxylic acids is 1. The number of aromatic nitrogens is 1. The summed E-state index contributed by atoms with van der Waals surface area (Å²) >= 11 is 1.65. The number of rotatable bonds is 24. The van der Waals surface area contributed by atoms with Crippen LogP contribution in [0, 0.1) is 13.8 Å². The second-order valence-corrected chi connectivity index (χ2v) is 14.8. The summed E-state index contributed by atoms with van der Waals surface area (Å²) in [6.45, 7) is 7.12. The number of carbonyl (C=O) groups is 1. The van der Waals surface area contributed by atoms with Crippen molar-refractivity contribution in [2.45, 2.75) is 130 Å². The van der Waals surface area contributed by atoms with Crippen LogP contribution >= 0.6 is 19.2 Å². The molecule has 3 aromatic rings. The van der Waals surface area contributed by atoms with Crippen molar-refractivity contribution in [3.05, 3.63) is 70.2 Å². The van der Waals surface area contributed by atoms with Crippen LogP contribution in [0.4, 0.5) is 4.79 Å². The lowest BCUT2D eigenvalue weighted by atomic mass is 10.0. The molecule has 1 unspecified atom stereocenters. The molecule has 2 N–H and O–H groups in total. The van der Waals surface area contributed by atoms with Gasteiger partial charge in [-0.05, 0) is 44.5 Å². The molecule has 0 bridgehead atoms. The number of unbranched alkanes of at least 4 members (excludes halogenated alkanes) is 15. The maximum absolute atomic E-state index is 12.9. The highest BCUT2D eigenvalue weighted by molar-refractivity contribution is 7.48. The quantitative estimate of drug-likeness (QED) is 0.0553. The lowest BCUT2D eigenvalue weighted by Gasteiger charge is -2.17. The van der Waals surface area contributed by atoms with Crippen molar-refractivity contribution in [1.29, 1.82) is 0 Å². The van der Waals surface area contributed by atoms with E-state index in [1.807, 2.05) is 29.3 Å². The van der Waals surface area contributed by atoms with E-state index in [-0.39, 0.29) is 17.2 Å². The SMILES string of the molecule is CCCCCCCCCCCCCCCCCCNC(=O)Oc1cccc(OP(=O)(O)Oc2cccc(C[n+]3csc(C)c3)c2)c1C. The smallest absolute Gasteiger partial charge is 0.410 e. The van der Waals surface area contributed by atoms with Crippen molar-refractivity contribution in [2.24, 2.45) is 0 Å². The molecule has 47 heavy (non-hydrogen) atoms. The van der Waals surface area contributed by atoms with Crippen LogP contribution in [0.15, 0.2) is 54.2 Å². The molecular formula is C37H56N2O6PS+. The van der Waals surface area contributed by atoms with Gasteiger partial charge in [-0.3, -0.25) is 4.89 Å². The molecule has 1 heterocycles. The summed E-state index contributed by atoms with van der Waals surface area (Å²) in [7, 11) is -4.52. The lowest BCUT2D eigenvalue weighted by Crippen LogP contribution is -2.30. The Bertz CT molecular complexity index is 1380. The molecule has 0 aliphatic rings. The average Bonchev–Trinajstić information content (AvgIpc) is 3.44. The molecular weight excluding hydrogens is 631 g/mol. The summed E-state index contributed by atoms with van der Waals surface area (Å²) in [5.74, 6) is 0.566. The van der Waals surface area contributed by atoms with Gasteiger partial charge in [-0.15, -0.1) is 0 Å². The van der Waals surface area contributed by atoms with Crippen LogP contribution in [0.2, 0.25) is 0 Å². The third-order valence-corrected chi connectivity index (χ3v) is 9.88. The molecule has 0 radical (unpaired) electrons. The summed E-state index contributed by atoms with van der Waals surface area (Å²) in [4.78, 5) is 24.1. The third-order valence-electron chi connectivity index (χ3n) is 8.16. The number of aryl methyl sites for hydroxylation is 1. The lowest BCUT2D eigenvalue weighted by molar-refractivity contribution is -0.683. The van der Waals surface area contributed by atoms with Gasteiger partial charge in [0.2, 0.25) is 5.51 Å². The topological polar surface area (TPSA) is 98.0 Å². The molecule has 1 amide bonds. The van der Waals surface area contributed by atoms with Crippen molar-refractivity contribution in [3.8, 4) is 17.2 Å². The molecule has 0 fully saturated rings. The number of amides is 1. The summed E-state index contributed by atoms with van der Waals surface area (Å²) < 4.78 is 31.2. The van der Waals surface area contributed by atoms with Crippen molar-refractivity contribution in [1.82, 2.24) is 5.32 Å². The first-order chi connectivity index (χ1) is 22.8. The predicted molar refractivity (Wildman–Crippen MR) is 191 cm³/mol. The molecule has 0 aliphatic heterocycles. The normalized spacial score (nSPS) is 12.4. The average molecular weight is 688 g/mol. The van der Waals surface area contributed by atoms with Gasteiger partial charge in [0.1, 0.15) is 17.2 Å². The van der Waals surface area contributed by atoms with Gasteiger partial charge in [0, 0.05) is 17.7 Å². The molecule has 0 aliphatic carbocycles. The number of benzene rings is 2. The van der Waals surface area contributed by atoms with Crippen LogP contribution < -0.4 is 23.7 Å². The van der Waals surface area contributed by atoms with Gasteiger partial charge in [-0.25, -0.2) is 9.36 Å². The highest BCUT2D eigenvalue weighted by Crippen LogP contribution is 2.46. The maximum atomic E-state index is 12.9. The van der Waals surface area contributed by atoms with E-state index < -0.39 is 13.9 Å². The first kappa shape index (κ1) is 38.6. The Morgan fingerprint density at radius 1 is 0.809 bits per heavy atom. The number of hydrogen-bond donors (Lipinski definition) is 2. The zero-order valence-corrected chi connectivity index (χ0v) is 30.4. The van der Waals surface area contributed by atoms with E-state index in [1.165, 1.54) is 101 Å². The van der Waals surface area contributed by atoms with Gasteiger partial charge >= 0.3 is 13.9 Å². The third kappa shape index (κ3) is 16.2. The van der Waals surface area contributed by atoms with Crippen LogP contribution in [0.25, 0.3) is 0 Å². The first-order valence-electron chi connectivity index (χ1n) is 17.6. The fraction of sp³-hybridized carbons (Fsp3) is 0.568. The Hall–Kier alpha value is -2.87. The predicted octanol–water partition coefficient (Wildman–Crippen LogP) is 10.6. The van der Waals surface area contributed by atoms with Crippen LogP contribution in [0.1, 0.15) is 126 Å². The minimum Gasteiger partial charge on any atom is -0.410 e. The van der Waals surface area contributed by atoms with Crippen LogP contribution in [0.5, 0.6) is 17.2 Å². The Labute approximate surface area is 286 Å². The molecule has 8 nitrogen and oxygen atoms in total. The summed E-state index contributed by atoms with van der Waals surface area (Å²) in [6.07, 6.45) is 22.3. The van der Waals surface area contributed by atoms with Gasteiger partial charge in [0.25, 0.3) is 0 Å². The number of ether oxygens (including phenoxy) is 1. The van der Waals surface area contributed by atoms with Crippen LogP contribution in [-0.4, -0.2) is 17.5 Å². The van der Waals surface area contributed by atoms with Crippen molar-refractivity contribution < 1.29 is 32.6 Å². The number of hydrogen-bond acceptors (Lipinski definition) is 6. The van der Waals surface area contributed by atoms with Crippen molar-refractivity contribution >= 4 is 25.3 Å². The summed E-state index contributed by atoms with van der Waals surface area (Å²) in [5, 5.41) is 2.80. The number of nitrogens with zero attached hydrogens (tertiary/aromatic N) is 1. The molecule has 1 aromatic heterocycles. The van der Waals surface area contributed by atoms with E-state index in [2.05, 4.69) is 12.2 Å². The molecule has 0 spiro atoms. The van der Waals surface area contributed by atoms with E-state index >= 15 is 0 Å². The summed E-state index contributed by atoms with van der Waals surface area (Å²) in [6, 6.07) is 11.8. The molecule has 2 aromatic carbocycles. The number of thiazole rings is 1. The Morgan fingerprint density at radius 2 is 1.38 bits per heavy atom. The van der Waals surface area contributed by atoms with Gasteiger partial charge in [-0.2, -0.15) is 4.57 Å². The minimum absolute atomic E-state index is 0.0967. The zero-order valence-electron chi connectivity index (χ0n) is 28.7. The number of nitrogens with one attached hydrogen (secondary N) is 1. The fourth-order valence-electron chi connectivity index (χ4n) is 5.52. The summed E-state index contributed by atoms with van der Waals surface area (Å²) in [5.41, 5.74) is 3.35. The molecule has 0 saturated carbocycles. The van der Waals surface area contributed by atoms with E-state index in [1.54, 1.807) is 48.6 Å². The van der Waals surface area contributed by atoms with Crippen molar-refractivity contribution in [3.63, 3.8) is 0 Å². The fourth-order valence-corrected chi connectivity index (χ4v) is 7.02. The van der Waals surface area contributed by atoms with Crippen molar-refractivity contribution in [2.75, 3.05) is 6.54 Å². The number of phosphoric acid groups is 1. The monoisotopic (exact) mass is 687 g/mol. The first-order valence-corrected chi connectivity index (χ1v) is 19.9. The Balaban J connectivity index is 1.28. The largest absolute Gasteiger partial charge is 0.584 e. The second kappa shape index (κ2) is 21.9. The van der Waals surface area contributed by atoms with Gasteiger partial charge in [0.15, 0.2) is 12.7 Å². The zero-order chi connectivity index (χ0) is 33.7. The van der Waals surface area contributed by atoms with Gasteiger partial charge < -0.3 is 19.1 Å². The highest BCUT2D eigenvalue weighted by Gasteiger charge is 2.27. The molecule has 10 heteroatoms. The molecule has 0 saturated heterocycles. The second-order valence-electron chi connectivity index (χ2n) is 12.4. The Morgan fingerprint density at radius 3 is 1.98 bits per heavy atom. The number of phosphoric ester groups is 1. The van der Waals surface area contributed by atoms with E-state index in [4.69, 9.17) is 13.8 Å². The van der Waals surface area contributed by atoms with E-state index in [0.29, 0.717) is 18.7 Å². The van der Waals surface area contributed by atoms with Gasteiger partial charge in [-0.1, -0.05) is 133 Å². The van der Waals surface area contributed by atoms with E-state index in [0.717, 1.165) is 18.4 Å².